The Morgan fingerprint density at radius 3 is 2.50 bits per heavy atom. The summed E-state index contributed by atoms with van der Waals surface area (Å²) in [7, 11) is 0. The number of carbonyl (C=O) groups is 2. The summed E-state index contributed by atoms with van der Waals surface area (Å²) in [6, 6.07) is 9.61. The van der Waals surface area contributed by atoms with Crippen LogP contribution in [0, 0.1) is 0 Å². The zero-order valence-electron chi connectivity index (χ0n) is 10.7. The molecule has 4 nitrogen and oxygen atoms in total. The van der Waals surface area contributed by atoms with Gasteiger partial charge in [0.2, 0.25) is 0 Å². The molecule has 0 N–H and O–H groups in total. The van der Waals surface area contributed by atoms with Crippen molar-refractivity contribution >= 4 is 11.9 Å². The van der Waals surface area contributed by atoms with E-state index in [1.807, 2.05) is 44.2 Å². The third kappa shape index (κ3) is 1.78. The predicted molar refractivity (Wildman–Crippen MR) is 67.1 cm³/mol. The summed E-state index contributed by atoms with van der Waals surface area (Å²) < 4.78 is 5.06. The number of fused-ring (bicyclic) bond motifs is 1. The highest BCUT2D eigenvalue weighted by Crippen LogP contribution is 2.41. The molecule has 2 aliphatic rings. The average molecular weight is 247 g/mol. The quantitative estimate of drug-likeness (QED) is 0.765. The topological polar surface area (TPSA) is 46.6 Å². The van der Waals surface area contributed by atoms with Gasteiger partial charge in [0.15, 0.2) is 5.78 Å². The molecular formula is C14H17NO3. The third-order valence-corrected chi connectivity index (χ3v) is 3.31. The van der Waals surface area contributed by atoms with Crippen molar-refractivity contribution in [1.82, 2.24) is 4.90 Å². The van der Waals surface area contributed by atoms with E-state index in [9.17, 15) is 9.59 Å². The second-order valence-corrected chi connectivity index (χ2v) is 4.25. The van der Waals surface area contributed by atoms with Crippen LogP contribution < -0.4 is 0 Å². The largest absolute Gasteiger partial charge is 0.446 e. The van der Waals surface area contributed by atoms with Gasteiger partial charge >= 0.3 is 6.09 Å². The molecule has 0 bridgehead atoms. The minimum Gasteiger partial charge on any atom is -0.446 e. The van der Waals surface area contributed by atoms with E-state index in [2.05, 4.69) is 0 Å². The van der Waals surface area contributed by atoms with Gasteiger partial charge in [0.25, 0.3) is 0 Å². The van der Waals surface area contributed by atoms with Crippen molar-refractivity contribution in [1.29, 1.82) is 0 Å². The highest BCUT2D eigenvalue weighted by atomic mass is 16.6. The van der Waals surface area contributed by atoms with Crippen molar-refractivity contribution in [3.8, 4) is 0 Å². The lowest BCUT2D eigenvalue weighted by molar-refractivity contribution is -0.117. The SMILES string of the molecule is CC.O=C1CN2C(=O)OC[C@@]2(c2ccccc2)C1. The molecular weight excluding hydrogens is 230 g/mol. The predicted octanol–water partition coefficient (Wildman–Crippen LogP) is 2.33. The number of nitrogens with zero attached hydrogens (tertiary/aromatic N) is 1. The third-order valence-electron chi connectivity index (χ3n) is 3.31. The van der Waals surface area contributed by atoms with Crippen molar-refractivity contribution in [2.75, 3.05) is 13.2 Å². The summed E-state index contributed by atoms with van der Waals surface area (Å²) in [6.45, 7) is 4.45. The van der Waals surface area contributed by atoms with Crippen LogP contribution in [0.25, 0.3) is 0 Å². The maximum absolute atomic E-state index is 11.5. The van der Waals surface area contributed by atoms with Gasteiger partial charge in [-0.25, -0.2) is 4.79 Å². The standard InChI is InChI=1S/C12H11NO3.C2H6/c14-10-6-12(9-4-2-1-3-5-9)8-16-11(15)13(12)7-10;1-2/h1-5H,6-8H2;1-2H3/t12-;/m1./s1. The molecule has 18 heavy (non-hydrogen) atoms. The summed E-state index contributed by atoms with van der Waals surface area (Å²) >= 11 is 0. The molecule has 1 aromatic carbocycles. The molecule has 2 saturated heterocycles. The van der Waals surface area contributed by atoms with Gasteiger partial charge in [-0.05, 0) is 5.56 Å². The van der Waals surface area contributed by atoms with E-state index >= 15 is 0 Å². The van der Waals surface area contributed by atoms with Crippen LogP contribution >= 0.6 is 0 Å². The van der Waals surface area contributed by atoms with Crippen LogP contribution in [-0.2, 0) is 15.1 Å². The summed E-state index contributed by atoms with van der Waals surface area (Å²) in [6.07, 6.45) is -0.0161. The lowest BCUT2D eigenvalue weighted by Crippen LogP contribution is -2.39. The molecule has 96 valence electrons. The summed E-state index contributed by atoms with van der Waals surface area (Å²) in [4.78, 5) is 24.6. The first-order valence-electron chi connectivity index (χ1n) is 6.24. The summed E-state index contributed by atoms with van der Waals surface area (Å²) in [5.41, 5.74) is 0.432. The van der Waals surface area contributed by atoms with Gasteiger partial charge in [-0.15, -0.1) is 0 Å². The molecule has 0 radical (unpaired) electrons. The monoisotopic (exact) mass is 247 g/mol. The van der Waals surface area contributed by atoms with E-state index in [-0.39, 0.29) is 25.0 Å². The number of ether oxygens (including phenoxy) is 1. The second kappa shape index (κ2) is 4.80. The van der Waals surface area contributed by atoms with Gasteiger partial charge < -0.3 is 4.74 Å². The van der Waals surface area contributed by atoms with E-state index in [4.69, 9.17) is 4.74 Å². The number of benzene rings is 1. The Bertz CT molecular complexity index is 457. The second-order valence-electron chi connectivity index (χ2n) is 4.25. The van der Waals surface area contributed by atoms with E-state index in [1.165, 1.54) is 0 Å². The number of hydrogen-bond donors (Lipinski definition) is 0. The molecule has 0 spiro atoms. The molecule has 2 fully saturated rings. The van der Waals surface area contributed by atoms with Crippen LogP contribution in [0.3, 0.4) is 0 Å². The Kier molecular flexibility index (Phi) is 3.36. The van der Waals surface area contributed by atoms with Gasteiger partial charge in [0, 0.05) is 6.42 Å². The van der Waals surface area contributed by atoms with Crippen LogP contribution in [0.4, 0.5) is 4.79 Å². The maximum Gasteiger partial charge on any atom is 0.411 e. The number of cyclic esters (lactones) is 1. The van der Waals surface area contributed by atoms with Crippen molar-refractivity contribution in [2.45, 2.75) is 25.8 Å². The summed E-state index contributed by atoms with van der Waals surface area (Å²) in [5, 5.41) is 0. The minimum absolute atomic E-state index is 0.0977. The number of hydrogen-bond acceptors (Lipinski definition) is 3. The molecule has 1 atom stereocenters. The Hall–Kier alpha value is -1.84. The van der Waals surface area contributed by atoms with E-state index in [0.29, 0.717) is 6.42 Å². The number of ketones is 1. The Morgan fingerprint density at radius 2 is 1.83 bits per heavy atom. The van der Waals surface area contributed by atoms with Gasteiger partial charge in [0.1, 0.15) is 12.1 Å². The first kappa shape index (κ1) is 12.6. The highest BCUT2D eigenvalue weighted by molar-refractivity contribution is 5.91. The van der Waals surface area contributed by atoms with Crippen molar-refractivity contribution in [3.05, 3.63) is 35.9 Å². The molecule has 1 aromatic rings. The lowest BCUT2D eigenvalue weighted by atomic mass is 9.88. The molecule has 0 saturated carbocycles. The van der Waals surface area contributed by atoms with E-state index in [1.54, 1.807) is 4.90 Å². The van der Waals surface area contributed by atoms with Crippen molar-refractivity contribution < 1.29 is 14.3 Å². The Labute approximate surface area is 107 Å². The normalized spacial score (nSPS) is 25.3. The van der Waals surface area contributed by atoms with Gasteiger partial charge in [0.05, 0.1) is 6.54 Å². The summed E-state index contributed by atoms with van der Waals surface area (Å²) in [5.74, 6) is 0.0977. The fraction of sp³-hybridized carbons (Fsp3) is 0.429. The molecule has 0 aliphatic carbocycles. The number of rotatable bonds is 1. The Balaban J connectivity index is 0.000000574. The molecule has 2 heterocycles. The van der Waals surface area contributed by atoms with Gasteiger partial charge in [-0.2, -0.15) is 0 Å². The molecule has 1 amide bonds. The Morgan fingerprint density at radius 1 is 1.17 bits per heavy atom. The van der Waals surface area contributed by atoms with Crippen LogP contribution in [0.15, 0.2) is 30.3 Å². The lowest BCUT2D eigenvalue weighted by Gasteiger charge is -2.27. The smallest absolute Gasteiger partial charge is 0.411 e. The van der Waals surface area contributed by atoms with Gasteiger partial charge in [-0.3, -0.25) is 9.69 Å². The first-order valence-corrected chi connectivity index (χ1v) is 6.24. The maximum atomic E-state index is 11.5. The molecule has 0 unspecified atom stereocenters. The molecule has 4 heteroatoms. The van der Waals surface area contributed by atoms with Crippen LogP contribution in [0.1, 0.15) is 25.8 Å². The molecule has 2 aliphatic heterocycles. The van der Waals surface area contributed by atoms with E-state index in [0.717, 1.165) is 5.56 Å². The number of amides is 1. The fourth-order valence-electron chi connectivity index (χ4n) is 2.52. The first-order chi connectivity index (χ1) is 8.72. The number of carbonyl (C=O) groups excluding carboxylic acids is 2. The van der Waals surface area contributed by atoms with Gasteiger partial charge in [-0.1, -0.05) is 44.2 Å². The minimum atomic E-state index is -0.546. The zero-order chi connectivity index (χ0) is 13.2. The fourth-order valence-corrected chi connectivity index (χ4v) is 2.52. The van der Waals surface area contributed by atoms with Crippen LogP contribution in [0.2, 0.25) is 0 Å². The molecule has 0 aromatic heterocycles. The van der Waals surface area contributed by atoms with Crippen molar-refractivity contribution in [3.63, 3.8) is 0 Å². The van der Waals surface area contributed by atoms with Crippen LogP contribution in [0.5, 0.6) is 0 Å². The molecule has 3 rings (SSSR count). The van der Waals surface area contributed by atoms with Crippen molar-refractivity contribution in [2.24, 2.45) is 0 Å². The average Bonchev–Trinajstić information content (AvgIpc) is 2.91. The number of Topliss-reactive ketones (excluding diaryl/α,β-unsaturated/α-hetero) is 1. The van der Waals surface area contributed by atoms with Crippen LogP contribution in [-0.4, -0.2) is 29.9 Å². The highest BCUT2D eigenvalue weighted by Gasteiger charge is 2.54. The van der Waals surface area contributed by atoms with E-state index < -0.39 is 5.54 Å². The zero-order valence-corrected chi connectivity index (χ0v) is 10.7.